The number of anilines is 2. The molecule has 2 aromatic rings. The van der Waals surface area contributed by atoms with E-state index in [9.17, 15) is 9.18 Å². The van der Waals surface area contributed by atoms with Gasteiger partial charge in [-0.1, -0.05) is 17.7 Å². The van der Waals surface area contributed by atoms with Gasteiger partial charge in [0, 0.05) is 0 Å². The maximum atomic E-state index is 13.6. The Bertz CT molecular complexity index is 663. The van der Waals surface area contributed by atoms with Crippen molar-refractivity contribution in [1.29, 1.82) is 0 Å². The van der Waals surface area contributed by atoms with E-state index in [2.05, 4.69) is 15.7 Å². The number of halogens is 2. The summed E-state index contributed by atoms with van der Waals surface area (Å²) in [5.74, 6) is 4.35. The molecule has 0 fully saturated rings. The predicted octanol–water partition coefficient (Wildman–Crippen LogP) is 2.72. The largest absolute Gasteiger partial charge is 0.318 e. The molecule has 0 saturated carbocycles. The molecule has 0 spiro atoms. The van der Waals surface area contributed by atoms with Crippen LogP contribution in [0.2, 0.25) is 5.02 Å². The second-order valence-electron chi connectivity index (χ2n) is 4.11. The third-order valence-corrected chi connectivity index (χ3v) is 2.88. The number of hydrazine groups is 1. The number of nitrogen functional groups attached to an aromatic ring is 1. The molecule has 4 N–H and O–H groups in total. The Hall–Kier alpha value is -2.18. The monoisotopic (exact) mass is 294 g/mol. The molecule has 5 nitrogen and oxygen atoms in total. The van der Waals surface area contributed by atoms with Crippen LogP contribution in [0.1, 0.15) is 16.1 Å². The van der Waals surface area contributed by atoms with Crippen LogP contribution in [0.15, 0.2) is 30.3 Å². The van der Waals surface area contributed by atoms with Crippen molar-refractivity contribution in [1.82, 2.24) is 4.98 Å². The van der Waals surface area contributed by atoms with E-state index in [1.54, 1.807) is 13.0 Å². The van der Waals surface area contributed by atoms with Crippen LogP contribution in [0.25, 0.3) is 0 Å². The van der Waals surface area contributed by atoms with Crippen molar-refractivity contribution in [2.24, 2.45) is 5.84 Å². The standard InChI is InChI=1S/C13H12ClFN4O/c1-7-2-4-9(15)10(6-7)17-13(20)12-8(14)3-5-11(18-12)19-16/h2-6H,16H2,1H3,(H,17,20)(H,18,19). The Balaban J connectivity index is 2.30. The predicted molar refractivity (Wildman–Crippen MR) is 76.1 cm³/mol. The highest BCUT2D eigenvalue weighted by Crippen LogP contribution is 2.20. The SMILES string of the molecule is Cc1ccc(F)c(NC(=O)c2nc(NN)ccc2Cl)c1. The Morgan fingerprint density at radius 2 is 2.10 bits per heavy atom. The molecule has 7 heteroatoms. The second kappa shape index (κ2) is 5.85. The van der Waals surface area contributed by atoms with Crippen molar-refractivity contribution in [2.75, 3.05) is 10.7 Å². The molecule has 0 aliphatic heterocycles. The van der Waals surface area contributed by atoms with Gasteiger partial charge in [0.05, 0.1) is 10.7 Å². The Kier molecular flexibility index (Phi) is 4.16. The van der Waals surface area contributed by atoms with Crippen LogP contribution < -0.4 is 16.6 Å². The van der Waals surface area contributed by atoms with Gasteiger partial charge in [-0.2, -0.15) is 0 Å². The van der Waals surface area contributed by atoms with Gasteiger partial charge in [-0.15, -0.1) is 0 Å². The lowest BCUT2D eigenvalue weighted by atomic mass is 10.2. The zero-order valence-electron chi connectivity index (χ0n) is 10.6. The van der Waals surface area contributed by atoms with Crippen LogP contribution in [0.5, 0.6) is 0 Å². The highest BCUT2D eigenvalue weighted by atomic mass is 35.5. The summed E-state index contributed by atoms with van der Waals surface area (Å²) >= 11 is 5.90. The minimum Gasteiger partial charge on any atom is -0.318 e. The quantitative estimate of drug-likeness (QED) is 0.600. The van der Waals surface area contributed by atoms with Crippen LogP contribution in [0.3, 0.4) is 0 Å². The van der Waals surface area contributed by atoms with Crippen LogP contribution in [0.4, 0.5) is 15.9 Å². The Labute approximate surface area is 119 Å². The van der Waals surface area contributed by atoms with E-state index in [4.69, 9.17) is 17.4 Å². The number of carbonyl (C=O) groups excluding carboxylic acids is 1. The fraction of sp³-hybridized carbons (Fsp3) is 0.0769. The van der Waals surface area contributed by atoms with E-state index in [1.165, 1.54) is 24.3 Å². The zero-order chi connectivity index (χ0) is 14.7. The average molecular weight is 295 g/mol. The lowest BCUT2D eigenvalue weighted by molar-refractivity contribution is 0.102. The van der Waals surface area contributed by atoms with E-state index in [-0.39, 0.29) is 22.2 Å². The number of hydrogen-bond donors (Lipinski definition) is 3. The minimum absolute atomic E-state index is 0.0389. The number of carbonyl (C=O) groups is 1. The number of nitrogens with zero attached hydrogens (tertiary/aromatic N) is 1. The van der Waals surface area contributed by atoms with Gasteiger partial charge >= 0.3 is 0 Å². The third kappa shape index (κ3) is 3.04. The summed E-state index contributed by atoms with van der Waals surface area (Å²) in [6.07, 6.45) is 0. The minimum atomic E-state index is -0.614. The topological polar surface area (TPSA) is 80.0 Å². The first-order chi connectivity index (χ1) is 9.51. The fourth-order valence-corrected chi connectivity index (χ4v) is 1.79. The van der Waals surface area contributed by atoms with Crippen LogP contribution >= 0.6 is 11.6 Å². The summed E-state index contributed by atoms with van der Waals surface area (Å²) in [7, 11) is 0. The molecule has 0 aliphatic rings. The highest BCUT2D eigenvalue weighted by molar-refractivity contribution is 6.34. The second-order valence-corrected chi connectivity index (χ2v) is 4.52. The normalized spacial score (nSPS) is 10.2. The van der Waals surface area contributed by atoms with Gasteiger partial charge in [-0.25, -0.2) is 15.2 Å². The van der Waals surface area contributed by atoms with Crippen LogP contribution in [-0.4, -0.2) is 10.9 Å². The number of hydrogen-bond acceptors (Lipinski definition) is 4. The molecule has 0 unspecified atom stereocenters. The van der Waals surface area contributed by atoms with Gasteiger partial charge in [0.15, 0.2) is 0 Å². The first kappa shape index (κ1) is 14.2. The van der Waals surface area contributed by atoms with Crippen molar-refractivity contribution < 1.29 is 9.18 Å². The van der Waals surface area contributed by atoms with Gasteiger partial charge < -0.3 is 10.7 Å². The van der Waals surface area contributed by atoms with Crippen LogP contribution in [-0.2, 0) is 0 Å². The number of benzene rings is 1. The number of amides is 1. The number of nitrogens with one attached hydrogen (secondary N) is 2. The van der Waals surface area contributed by atoms with E-state index in [1.807, 2.05) is 0 Å². The first-order valence-corrected chi connectivity index (χ1v) is 6.09. The van der Waals surface area contributed by atoms with Crippen molar-refractivity contribution in [3.63, 3.8) is 0 Å². The molecule has 1 aromatic heterocycles. The molecule has 0 bridgehead atoms. The van der Waals surface area contributed by atoms with E-state index < -0.39 is 11.7 Å². The molecule has 2 rings (SSSR count). The molecule has 0 aliphatic carbocycles. The van der Waals surface area contributed by atoms with Gasteiger partial charge in [-0.3, -0.25) is 4.79 Å². The molecule has 1 heterocycles. The molecule has 0 radical (unpaired) electrons. The number of nitrogens with two attached hydrogens (primary N) is 1. The average Bonchev–Trinajstić information content (AvgIpc) is 2.43. The number of pyridine rings is 1. The van der Waals surface area contributed by atoms with E-state index in [0.29, 0.717) is 0 Å². The van der Waals surface area contributed by atoms with Crippen molar-refractivity contribution in [3.8, 4) is 0 Å². The molecular weight excluding hydrogens is 283 g/mol. The van der Waals surface area contributed by atoms with Gasteiger partial charge in [0.1, 0.15) is 17.3 Å². The fourth-order valence-electron chi connectivity index (χ4n) is 1.60. The van der Waals surface area contributed by atoms with Crippen molar-refractivity contribution in [2.45, 2.75) is 6.92 Å². The van der Waals surface area contributed by atoms with Crippen molar-refractivity contribution >= 4 is 29.0 Å². The lowest BCUT2D eigenvalue weighted by Gasteiger charge is -2.09. The number of rotatable bonds is 3. The summed E-state index contributed by atoms with van der Waals surface area (Å²) in [4.78, 5) is 16.0. The van der Waals surface area contributed by atoms with Gasteiger partial charge in [-0.05, 0) is 36.8 Å². The van der Waals surface area contributed by atoms with Crippen LogP contribution in [0, 0.1) is 12.7 Å². The smallest absolute Gasteiger partial charge is 0.275 e. The third-order valence-electron chi connectivity index (χ3n) is 2.58. The number of aromatic nitrogens is 1. The molecule has 20 heavy (non-hydrogen) atoms. The summed E-state index contributed by atoms with van der Waals surface area (Å²) < 4.78 is 13.6. The van der Waals surface area contributed by atoms with Crippen molar-refractivity contribution in [3.05, 3.63) is 52.4 Å². The van der Waals surface area contributed by atoms with Gasteiger partial charge in [0.2, 0.25) is 0 Å². The molecule has 1 aromatic carbocycles. The molecule has 1 amide bonds. The Morgan fingerprint density at radius 3 is 2.80 bits per heavy atom. The first-order valence-electron chi connectivity index (χ1n) is 5.72. The molecule has 0 saturated heterocycles. The number of aryl methyl sites for hydroxylation is 1. The molecule has 0 atom stereocenters. The van der Waals surface area contributed by atoms with Gasteiger partial charge in [0.25, 0.3) is 5.91 Å². The summed E-state index contributed by atoms with van der Waals surface area (Å²) in [5.41, 5.74) is 3.16. The highest BCUT2D eigenvalue weighted by Gasteiger charge is 2.15. The summed E-state index contributed by atoms with van der Waals surface area (Å²) in [6, 6.07) is 7.40. The Morgan fingerprint density at radius 1 is 1.35 bits per heavy atom. The van der Waals surface area contributed by atoms with E-state index >= 15 is 0 Å². The maximum absolute atomic E-state index is 13.6. The summed E-state index contributed by atoms with van der Waals surface area (Å²) in [6.45, 7) is 1.79. The molecule has 104 valence electrons. The zero-order valence-corrected chi connectivity index (χ0v) is 11.3. The lowest BCUT2D eigenvalue weighted by Crippen LogP contribution is -2.17. The summed E-state index contributed by atoms with van der Waals surface area (Å²) in [5, 5.41) is 2.58. The maximum Gasteiger partial charge on any atom is 0.275 e. The molecular formula is C13H12ClFN4O. The van der Waals surface area contributed by atoms with E-state index in [0.717, 1.165) is 5.56 Å².